The molecule has 9 heteroatoms. The van der Waals surface area contributed by atoms with Crippen molar-refractivity contribution in [3.05, 3.63) is 63.8 Å². The van der Waals surface area contributed by atoms with Crippen molar-refractivity contribution >= 4 is 39.8 Å². The number of aliphatic carboxylic acids is 1. The number of carboxylic acids is 1. The fraction of sp³-hybridized carbons (Fsp3) is 0.150. The van der Waals surface area contributed by atoms with E-state index in [-0.39, 0.29) is 25.5 Å². The van der Waals surface area contributed by atoms with Gasteiger partial charge in [-0.2, -0.15) is 0 Å². The van der Waals surface area contributed by atoms with Gasteiger partial charge in [-0.15, -0.1) is 0 Å². The first-order chi connectivity index (χ1) is 13.9. The lowest BCUT2D eigenvalue weighted by molar-refractivity contribution is -0.136. The van der Waals surface area contributed by atoms with Crippen LogP contribution in [0.1, 0.15) is 22.3 Å². The van der Waals surface area contributed by atoms with E-state index < -0.39 is 17.8 Å². The lowest BCUT2D eigenvalue weighted by Crippen LogP contribution is -2.35. The van der Waals surface area contributed by atoms with Gasteiger partial charge >= 0.3 is 5.97 Å². The first-order valence-electron chi connectivity index (χ1n) is 8.60. The average Bonchev–Trinajstić information content (AvgIpc) is 3.15. The van der Waals surface area contributed by atoms with Gasteiger partial charge in [0.25, 0.3) is 11.8 Å². The molecule has 0 aliphatic carbocycles. The van der Waals surface area contributed by atoms with Crippen molar-refractivity contribution < 1.29 is 29.0 Å². The van der Waals surface area contributed by atoms with Gasteiger partial charge in [0.15, 0.2) is 11.5 Å². The minimum Gasteiger partial charge on any atom is -0.481 e. The molecule has 1 aliphatic heterocycles. The van der Waals surface area contributed by atoms with Crippen LogP contribution in [0, 0.1) is 0 Å². The van der Waals surface area contributed by atoms with Crippen LogP contribution in [0.5, 0.6) is 11.5 Å². The predicted octanol–water partition coefficient (Wildman–Crippen LogP) is 2.54. The molecule has 1 heterocycles. The number of halogens is 1. The Morgan fingerprint density at radius 2 is 1.79 bits per heavy atom. The highest BCUT2D eigenvalue weighted by molar-refractivity contribution is 9.10. The molecule has 0 bridgehead atoms. The van der Waals surface area contributed by atoms with Crippen molar-refractivity contribution in [2.45, 2.75) is 6.42 Å². The maximum atomic E-state index is 12.5. The van der Waals surface area contributed by atoms with E-state index in [0.29, 0.717) is 22.6 Å². The lowest BCUT2D eigenvalue weighted by atomic mass is 10.1. The second-order valence-electron chi connectivity index (χ2n) is 6.03. The largest absolute Gasteiger partial charge is 0.481 e. The summed E-state index contributed by atoms with van der Waals surface area (Å²) < 4.78 is 11.4. The zero-order chi connectivity index (χ0) is 20.8. The summed E-state index contributed by atoms with van der Waals surface area (Å²) in [5.74, 6) is -0.991. The standard InChI is InChI=1S/C20H17BrN2O6/c21-14-4-2-13(3-5-14)19(26)23-15(20(27)22-8-7-18(24)25)9-12-1-6-16-17(10-12)29-11-28-16/h1-6,9-10H,7-8,11H2,(H,22,27)(H,23,26)(H,24,25)/b15-9-. The van der Waals surface area contributed by atoms with E-state index in [9.17, 15) is 14.4 Å². The van der Waals surface area contributed by atoms with E-state index >= 15 is 0 Å². The fourth-order valence-electron chi connectivity index (χ4n) is 2.50. The van der Waals surface area contributed by atoms with Gasteiger partial charge in [-0.3, -0.25) is 14.4 Å². The van der Waals surface area contributed by atoms with Gasteiger partial charge < -0.3 is 25.2 Å². The second kappa shape index (κ2) is 9.24. The Hall–Kier alpha value is -3.33. The number of ether oxygens (including phenoxy) is 2. The fourth-order valence-corrected chi connectivity index (χ4v) is 2.77. The van der Waals surface area contributed by atoms with Gasteiger partial charge in [-0.05, 0) is 48.0 Å². The van der Waals surface area contributed by atoms with Crippen molar-refractivity contribution in [3.8, 4) is 11.5 Å². The molecule has 0 aromatic heterocycles. The van der Waals surface area contributed by atoms with Crippen LogP contribution in [0.3, 0.4) is 0 Å². The Morgan fingerprint density at radius 3 is 2.52 bits per heavy atom. The highest BCUT2D eigenvalue weighted by Crippen LogP contribution is 2.33. The van der Waals surface area contributed by atoms with Crippen molar-refractivity contribution in [1.82, 2.24) is 10.6 Å². The highest BCUT2D eigenvalue weighted by Gasteiger charge is 2.17. The first-order valence-corrected chi connectivity index (χ1v) is 9.40. The third kappa shape index (κ3) is 5.58. The number of rotatable bonds is 7. The maximum Gasteiger partial charge on any atom is 0.305 e. The van der Waals surface area contributed by atoms with Crippen molar-refractivity contribution in [1.29, 1.82) is 0 Å². The van der Waals surface area contributed by atoms with Gasteiger partial charge in [0.05, 0.1) is 6.42 Å². The number of benzene rings is 2. The summed E-state index contributed by atoms with van der Waals surface area (Å²) in [5, 5.41) is 13.8. The molecule has 0 saturated carbocycles. The average molecular weight is 461 g/mol. The monoisotopic (exact) mass is 460 g/mol. The molecule has 2 amide bonds. The number of fused-ring (bicyclic) bond motifs is 1. The summed E-state index contributed by atoms with van der Waals surface area (Å²) in [4.78, 5) is 35.8. The quantitative estimate of drug-likeness (QED) is 0.547. The predicted molar refractivity (Wildman–Crippen MR) is 107 cm³/mol. The number of amides is 2. The summed E-state index contributed by atoms with van der Waals surface area (Å²) in [6.07, 6.45) is 1.25. The van der Waals surface area contributed by atoms with Gasteiger partial charge in [0.1, 0.15) is 5.70 Å². The number of carbonyl (C=O) groups is 3. The smallest absolute Gasteiger partial charge is 0.305 e. The summed E-state index contributed by atoms with van der Waals surface area (Å²) >= 11 is 3.30. The van der Waals surface area contributed by atoms with E-state index in [4.69, 9.17) is 14.6 Å². The number of hydrogen-bond acceptors (Lipinski definition) is 5. The van der Waals surface area contributed by atoms with Crippen LogP contribution in [0.15, 0.2) is 52.6 Å². The van der Waals surface area contributed by atoms with Crippen LogP contribution >= 0.6 is 15.9 Å². The highest BCUT2D eigenvalue weighted by atomic mass is 79.9. The lowest BCUT2D eigenvalue weighted by Gasteiger charge is -2.11. The Labute approximate surface area is 174 Å². The van der Waals surface area contributed by atoms with E-state index in [1.54, 1.807) is 42.5 Å². The van der Waals surface area contributed by atoms with Crippen LogP contribution in [0.25, 0.3) is 6.08 Å². The number of nitrogens with one attached hydrogen (secondary N) is 2. The van der Waals surface area contributed by atoms with E-state index in [0.717, 1.165) is 4.47 Å². The zero-order valence-electron chi connectivity index (χ0n) is 15.1. The van der Waals surface area contributed by atoms with E-state index in [1.807, 2.05) is 0 Å². The minimum atomic E-state index is -1.04. The first kappa shape index (κ1) is 20.4. The second-order valence-corrected chi connectivity index (χ2v) is 6.95. The third-order valence-electron chi connectivity index (χ3n) is 3.93. The summed E-state index contributed by atoms with van der Waals surface area (Å²) in [6.45, 7) is 0.0478. The third-order valence-corrected chi connectivity index (χ3v) is 4.46. The summed E-state index contributed by atoms with van der Waals surface area (Å²) in [7, 11) is 0. The molecule has 0 spiro atoms. The molecule has 0 fully saturated rings. The van der Waals surface area contributed by atoms with Crippen molar-refractivity contribution in [2.75, 3.05) is 13.3 Å². The van der Waals surface area contributed by atoms with Crippen molar-refractivity contribution in [3.63, 3.8) is 0 Å². The Morgan fingerprint density at radius 1 is 1.07 bits per heavy atom. The Kier molecular flexibility index (Phi) is 6.50. The van der Waals surface area contributed by atoms with Crippen LogP contribution in [-0.4, -0.2) is 36.2 Å². The molecule has 0 saturated heterocycles. The number of hydrogen-bond donors (Lipinski definition) is 3. The summed E-state index contributed by atoms with van der Waals surface area (Å²) in [5.41, 5.74) is 0.944. The van der Waals surface area contributed by atoms with E-state index in [2.05, 4.69) is 26.6 Å². The molecule has 2 aromatic rings. The number of carbonyl (C=O) groups excluding carboxylic acids is 2. The Bertz CT molecular complexity index is 971. The van der Waals surface area contributed by atoms with Crippen LogP contribution in [0.2, 0.25) is 0 Å². The molecule has 0 unspecified atom stereocenters. The molecule has 2 aromatic carbocycles. The minimum absolute atomic E-state index is 0.0258. The summed E-state index contributed by atoms with van der Waals surface area (Å²) in [6, 6.07) is 11.7. The topological polar surface area (TPSA) is 114 Å². The molecular weight excluding hydrogens is 444 g/mol. The molecule has 8 nitrogen and oxygen atoms in total. The molecule has 150 valence electrons. The van der Waals surface area contributed by atoms with Crippen LogP contribution in [0.4, 0.5) is 0 Å². The molecule has 0 radical (unpaired) electrons. The maximum absolute atomic E-state index is 12.5. The molecular formula is C20H17BrN2O6. The van der Waals surface area contributed by atoms with Gasteiger partial charge in [0, 0.05) is 16.6 Å². The zero-order valence-corrected chi connectivity index (χ0v) is 16.7. The Balaban J connectivity index is 1.82. The SMILES string of the molecule is O=C(O)CCNC(=O)/C(=C/c1ccc2c(c1)OCO2)NC(=O)c1ccc(Br)cc1. The van der Waals surface area contributed by atoms with Gasteiger partial charge in [-0.25, -0.2) is 0 Å². The van der Waals surface area contributed by atoms with Crippen LogP contribution in [-0.2, 0) is 9.59 Å². The molecule has 1 aliphatic rings. The van der Waals surface area contributed by atoms with E-state index in [1.165, 1.54) is 6.08 Å². The van der Waals surface area contributed by atoms with Gasteiger partial charge in [-0.1, -0.05) is 22.0 Å². The molecule has 3 N–H and O–H groups in total. The van der Waals surface area contributed by atoms with Crippen LogP contribution < -0.4 is 20.1 Å². The normalized spacial score (nSPS) is 12.4. The number of carboxylic acid groups (broad SMARTS) is 1. The van der Waals surface area contributed by atoms with Crippen molar-refractivity contribution in [2.24, 2.45) is 0 Å². The molecule has 0 atom stereocenters. The molecule has 29 heavy (non-hydrogen) atoms. The van der Waals surface area contributed by atoms with Gasteiger partial charge in [0.2, 0.25) is 6.79 Å². The molecule has 3 rings (SSSR count).